The first kappa shape index (κ1) is 12.5. The number of carbonyl (C=O) groups excluding carboxylic acids is 1. The lowest BCUT2D eigenvalue weighted by molar-refractivity contribution is -0.117. The zero-order valence-electron chi connectivity index (χ0n) is 8.95. The Kier molecular flexibility index (Phi) is 4.07. The minimum absolute atomic E-state index is 0.0961. The number of hydrogen-bond donors (Lipinski definition) is 0. The Balaban J connectivity index is 2.05. The van der Waals surface area contributed by atoms with Crippen molar-refractivity contribution in [3.8, 4) is 0 Å². The molecule has 1 heterocycles. The topological polar surface area (TPSA) is 17.1 Å². The van der Waals surface area contributed by atoms with Crippen molar-refractivity contribution in [1.82, 2.24) is 0 Å². The van der Waals surface area contributed by atoms with Gasteiger partial charge in [0, 0.05) is 22.2 Å². The highest BCUT2D eigenvalue weighted by molar-refractivity contribution is 9.10. The van der Waals surface area contributed by atoms with E-state index in [4.69, 9.17) is 0 Å². The van der Waals surface area contributed by atoms with Gasteiger partial charge in [-0.05, 0) is 35.2 Å². The molecule has 4 heteroatoms. The van der Waals surface area contributed by atoms with Crippen LogP contribution in [0.1, 0.15) is 10.4 Å². The van der Waals surface area contributed by atoms with E-state index in [0.717, 1.165) is 9.35 Å². The number of Topliss-reactive ketones (excluding diaryl/α,β-unsaturated/α-hetero) is 1. The second-order valence-corrected chi connectivity index (χ2v) is 5.59. The Hall–Kier alpha value is -1.00. The second kappa shape index (κ2) is 5.56. The van der Waals surface area contributed by atoms with Crippen LogP contribution in [0.2, 0.25) is 0 Å². The molecule has 0 amide bonds. The van der Waals surface area contributed by atoms with E-state index in [1.54, 1.807) is 17.4 Å². The summed E-state index contributed by atoms with van der Waals surface area (Å²) in [4.78, 5) is 12.9. The van der Waals surface area contributed by atoms with Crippen LogP contribution in [0.5, 0.6) is 0 Å². The number of halogens is 2. The summed E-state index contributed by atoms with van der Waals surface area (Å²) in [6.45, 7) is 0. The molecular weight excluding hydrogens is 303 g/mol. The predicted molar refractivity (Wildman–Crippen MR) is 70.8 cm³/mol. The van der Waals surface area contributed by atoms with E-state index in [0.29, 0.717) is 12.0 Å². The third kappa shape index (κ3) is 3.48. The quantitative estimate of drug-likeness (QED) is 0.834. The number of ketones is 1. The van der Waals surface area contributed by atoms with Crippen LogP contribution >= 0.6 is 27.3 Å². The van der Waals surface area contributed by atoms with Gasteiger partial charge >= 0.3 is 0 Å². The van der Waals surface area contributed by atoms with E-state index < -0.39 is 0 Å². The average molecular weight is 313 g/mol. The van der Waals surface area contributed by atoms with Crippen LogP contribution in [0.15, 0.2) is 40.2 Å². The number of thiophene rings is 1. The summed E-state index contributed by atoms with van der Waals surface area (Å²) in [5, 5.41) is 1.95. The zero-order chi connectivity index (χ0) is 12.3. The van der Waals surface area contributed by atoms with Gasteiger partial charge in [-0.2, -0.15) is 0 Å². The molecule has 0 saturated heterocycles. The van der Waals surface area contributed by atoms with Gasteiger partial charge in [0.15, 0.2) is 0 Å². The van der Waals surface area contributed by atoms with Crippen molar-refractivity contribution in [2.75, 3.05) is 0 Å². The largest absolute Gasteiger partial charge is 0.299 e. The van der Waals surface area contributed by atoms with E-state index >= 15 is 0 Å². The number of carbonyl (C=O) groups is 1. The summed E-state index contributed by atoms with van der Waals surface area (Å²) >= 11 is 4.88. The first-order valence-electron chi connectivity index (χ1n) is 5.13. The minimum atomic E-state index is -0.313. The molecule has 2 aromatic rings. The van der Waals surface area contributed by atoms with Gasteiger partial charge in [-0.3, -0.25) is 4.79 Å². The molecule has 0 aliphatic heterocycles. The Morgan fingerprint density at radius 1 is 1.29 bits per heavy atom. The van der Waals surface area contributed by atoms with E-state index in [2.05, 4.69) is 15.9 Å². The van der Waals surface area contributed by atoms with Crippen molar-refractivity contribution in [2.24, 2.45) is 0 Å². The molecule has 0 unspecified atom stereocenters. The first-order chi connectivity index (χ1) is 8.15. The SMILES string of the molecule is O=C(Cc1cccs1)Cc1cc(F)ccc1Br. The summed E-state index contributed by atoms with van der Waals surface area (Å²) < 4.78 is 13.8. The van der Waals surface area contributed by atoms with Crippen LogP contribution in [0.25, 0.3) is 0 Å². The van der Waals surface area contributed by atoms with Crippen LogP contribution in [0.3, 0.4) is 0 Å². The number of rotatable bonds is 4. The molecule has 0 N–H and O–H groups in total. The van der Waals surface area contributed by atoms with E-state index in [1.807, 2.05) is 17.5 Å². The standard InChI is InChI=1S/C13H10BrFOS/c14-13-4-3-10(15)6-9(13)7-11(16)8-12-2-1-5-17-12/h1-6H,7-8H2. The third-order valence-corrected chi connectivity index (χ3v) is 4.00. The lowest BCUT2D eigenvalue weighted by atomic mass is 10.1. The maximum atomic E-state index is 13.0. The summed E-state index contributed by atoms with van der Waals surface area (Å²) in [6, 6.07) is 8.26. The monoisotopic (exact) mass is 312 g/mol. The summed E-state index contributed by atoms with van der Waals surface area (Å²) in [6.07, 6.45) is 0.677. The van der Waals surface area contributed by atoms with Gasteiger partial charge in [0.2, 0.25) is 0 Å². The van der Waals surface area contributed by atoms with Gasteiger partial charge in [-0.15, -0.1) is 11.3 Å². The molecule has 0 saturated carbocycles. The lowest BCUT2D eigenvalue weighted by Crippen LogP contribution is -2.06. The number of benzene rings is 1. The predicted octanol–water partition coefficient (Wildman–Crippen LogP) is 4.00. The van der Waals surface area contributed by atoms with Crippen molar-refractivity contribution in [3.05, 3.63) is 56.4 Å². The molecule has 0 aliphatic rings. The summed E-state index contributed by atoms with van der Waals surface area (Å²) in [5.74, 6) is -0.217. The molecule has 1 aromatic carbocycles. The van der Waals surface area contributed by atoms with Crippen LogP contribution in [0, 0.1) is 5.82 Å². The highest BCUT2D eigenvalue weighted by atomic mass is 79.9. The molecule has 0 atom stereocenters. The molecule has 88 valence electrons. The van der Waals surface area contributed by atoms with E-state index in [1.165, 1.54) is 12.1 Å². The maximum absolute atomic E-state index is 13.0. The Labute approximate surface area is 111 Å². The van der Waals surface area contributed by atoms with Crippen LogP contribution in [-0.2, 0) is 17.6 Å². The third-order valence-electron chi connectivity index (χ3n) is 2.35. The van der Waals surface area contributed by atoms with Crippen LogP contribution in [-0.4, -0.2) is 5.78 Å². The highest BCUT2D eigenvalue weighted by Crippen LogP contribution is 2.19. The molecular formula is C13H10BrFOS. The Bertz CT molecular complexity index is 522. The van der Waals surface area contributed by atoms with Crippen LogP contribution in [0.4, 0.5) is 4.39 Å². The molecule has 17 heavy (non-hydrogen) atoms. The van der Waals surface area contributed by atoms with Gasteiger partial charge in [0.25, 0.3) is 0 Å². The minimum Gasteiger partial charge on any atom is -0.299 e. The summed E-state index contributed by atoms with van der Waals surface area (Å²) in [5.41, 5.74) is 0.701. The van der Waals surface area contributed by atoms with Crippen molar-refractivity contribution < 1.29 is 9.18 Å². The Morgan fingerprint density at radius 3 is 2.82 bits per heavy atom. The number of hydrogen-bond acceptors (Lipinski definition) is 2. The van der Waals surface area contributed by atoms with Gasteiger partial charge in [0.05, 0.1) is 0 Å². The van der Waals surface area contributed by atoms with E-state index in [-0.39, 0.29) is 18.0 Å². The van der Waals surface area contributed by atoms with Gasteiger partial charge in [-0.1, -0.05) is 22.0 Å². The fourth-order valence-corrected chi connectivity index (χ4v) is 2.68. The smallest absolute Gasteiger partial charge is 0.142 e. The fraction of sp³-hybridized carbons (Fsp3) is 0.154. The average Bonchev–Trinajstić information content (AvgIpc) is 2.76. The lowest BCUT2D eigenvalue weighted by Gasteiger charge is -2.03. The van der Waals surface area contributed by atoms with Gasteiger partial charge in [0.1, 0.15) is 11.6 Å². The second-order valence-electron chi connectivity index (χ2n) is 3.71. The molecule has 0 fully saturated rings. The first-order valence-corrected chi connectivity index (χ1v) is 6.80. The molecule has 2 rings (SSSR count). The van der Waals surface area contributed by atoms with Crippen molar-refractivity contribution >= 4 is 33.0 Å². The molecule has 0 radical (unpaired) electrons. The highest BCUT2D eigenvalue weighted by Gasteiger charge is 2.09. The van der Waals surface area contributed by atoms with Crippen LogP contribution < -0.4 is 0 Å². The molecule has 0 spiro atoms. The van der Waals surface area contributed by atoms with E-state index in [9.17, 15) is 9.18 Å². The van der Waals surface area contributed by atoms with Crippen molar-refractivity contribution in [1.29, 1.82) is 0 Å². The molecule has 0 aliphatic carbocycles. The van der Waals surface area contributed by atoms with Gasteiger partial charge in [-0.25, -0.2) is 4.39 Å². The van der Waals surface area contributed by atoms with Crippen molar-refractivity contribution in [2.45, 2.75) is 12.8 Å². The molecule has 1 nitrogen and oxygen atoms in total. The Morgan fingerprint density at radius 2 is 2.12 bits per heavy atom. The fourth-order valence-electron chi connectivity index (χ4n) is 1.56. The van der Waals surface area contributed by atoms with Crippen molar-refractivity contribution in [3.63, 3.8) is 0 Å². The normalized spacial score (nSPS) is 10.5. The summed E-state index contributed by atoms with van der Waals surface area (Å²) in [7, 11) is 0. The molecule has 0 bridgehead atoms. The molecule has 1 aromatic heterocycles. The van der Waals surface area contributed by atoms with Gasteiger partial charge < -0.3 is 0 Å². The zero-order valence-corrected chi connectivity index (χ0v) is 11.4. The maximum Gasteiger partial charge on any atom is 0.142 e.